The van der Waals surface area contributed by atoms with Crippen LogP contribution >= 0.6 is 0 Å². The van der Waals surface area contributed by atoms with Crippen LogP contribution in [0.2, 0.25) is 0 Å². The van der Waals surface area contributed by atoms with Gasteiger partial charge in [-0.1, -0.05) is 0 Å². The van der Waals surface area contributed by atoms with E-state index in [1.807, 2.05) is 12.1 Å². The van der Waals surface area contributed by atoms with Crippen LogP contribution in [0.25, 0.3) is 22.1 Å². The number of nitrogens with one attached hydrogen (secondary N) is 1. The summed E-state index contributed by atoms with van der Waals surface area (Å²) in [5, 5.41) is 1.04. The van der Waals surface area contributed by atoms with Gasteiger partial charge in [0, 0.05) is 11.6 Å². The fraction of sp³-hybridized carbons (Fsp3) is 0. The average molecular weight is 170 g/mol. The number of fused-ring (bicyclic) bond motifs is 3. The third-order valence-electron chi connectivity index (χ3n) is 2.03. The molecule has 3 aromatic heterocycles. The zero-order valence-electron chi connectivity index (χ0n) is 6.73. The van der Waals surface area contributed by atoms with Gasteiger partial charge in [0.15, 0.2) is 0 Å². The maximum atomic E-state index is 4.20. The van der Waals surface area contributed by atoms with Gasteiger partial charge in [-0.2, -0.15) is 0 Å². The summed E-state index contributed by atoms with van der Waals surface area (Å²) in [6, 6.07) is 3.89. The molecule has 0 amide bonds. The highest BCUT2D eigenvalue weighted by Crippen LogP contribution is 2.19. The molecule has 3 aromatic rings. The molecule has 0 aliphatic rings. The number of hydrogen-bond acceptors (Lipinski definition) is 3. The first-order valence-electron chi connectivity index (χ1n) is 3.97. The molecule has 0 spiro atoms. The Morgan fingerprint density at radius 2 is 2.23 bits per heavy atom. The zero-order valence-corrected chi connectivity index (χ0v) is 6.73. The number of aromatic amines is 1. The first-order chi connectivity index (χ1) is 6.45. The number of hydrogen-bond donors (Lipinski definition) is 1. The second kappa shape index (κ2) is 2.26. The summed E-state index contributed by atoms with van der Waals surface area (Å²) in [6.45, 7) is 0. The Kier molecular flexibility index (Phi) is 1.14. The van der Waals surface area contributed by atoms with Crippen molar-refractivity contribution in [1.29, 1.82) is 0 Å². The highest BCUT2D eigenvalue weighted by molar-refractivity contribution is 6.02. The Bertz CT molecular complexity index is 519. The van der Waals surface area contributed by atoms with Crippen molar-refractivity contribution in [2.45, 2.75) is 0 Å². The summed E-state index contributed by atoms with van der Waals surface area (Å²) < 4.78 is 0. The van der Waals surface area contributed by atoms with Crippen molar-refractivity contribution in [2.75, 3.05) is 0 Å². The number of aromatic nitrogens is 4. The minimum Gasteiger partial charge on any atom is -0.337 e. The van der Waals surface area contributed by atoms with E-state index in [-0.39, 0.29) is 0 Å². The molecule has 0 radical (unpaired) electrons. The first-order valence-corrected chi connectivity index (χ1v) is 3.97. The smallest absolute Gasteiger partial charge is 0.139 e. The molecule has 0 aromatic carbocycles. The predicted molar refractivity (Wildman–Crippen MR) is 49.2 cm³/mol. The molecule has 0 unspecified atom stereocenters. The van der Waals surface area contributed by atoms with Crippen LogP contribution in [-0.4, -0.2) is 19.9 Å². The van der Waals surface area contributed by atoms with E-state index in [1.54, 1.807) is 18.7 Å². The van der Waals surface area contributed by atoms with E-state index < -0.39 is 0 Å². The van der Waals surface area contributed by atoms with Gasteiger partial charge in [-0.05, 0) is 12.1 Å². The van der Waals surface area contributed by atoms with E-state index in [0.717, 1.165) is 22.1 Å². The van der Waals surface area contributed by atoms with Gasteiger partial charge in [0.1, 0.15) is 17.5 Å². The second-order valence-electron chi connectivity index (χ2n) is 2.81. The molecule has 3 rings (SSSR count). The third kappa shape index (κ3) is 0.823. The standard InChI is InChI=1S/C9H6N4/c1-2-6-8-7(4-10-5-12-8)13-9(6)11-3-1/h1-5H,(H,11,13). The van der Waals surface area contributed by atoms with Crippen LogP contribution in [0.5, 0.6) is 0 Å². The van der Waals surface area contributed by atoms with Crippen LogP contribution in [0.4, 0.5) is 0 Å². The molecule has 62 valence electrons. The summed E-state index contributed by atoms with van der Waals surface area (Å²) in [6.07, 6.45) is 5.05. The minimum absolute atomic E-state index is 0.859. The van der Waals surface area contributed by atoms with Crippen molar-refractivity contribution in [3.8, 4) is 0 Å². The molecule has 0 aliphatic heterocycles. The van der Waals surface area contributed by atoms with Gasteiger partial charge >= 0.3 is 0 Å². The number of pyridine rings is 1. The van der Waals surface area contributed by atoms with E-state index in [2.05, 4.69) is 19.9 Å². The Labute approximate surface area is 73.7 Å². The molecule has 0 aliphatic carbocycles. The van der Waals surface area contributed by atoms with Gasteiger partial charge < -0.3 is 4.98 Å². The van der Waals surface area contributed by atoms with Crippen LogP contribution in [-0.2, 0) is 0 Å². The van der Waals surface area contributed by atoms with E-state index in [0.29, 0.717) is 0 Å². The molecule has 3 heterocycles. The van der Waals surface area contributed by atoms with Crippen molar-refractivity contribution in [2.24, 2.45) is 0 Å². The molecule has 4 heteroatoms. The van der Waals surface area contributed by atoms with Crippen molar-refractivity contribution >= 4 is 22.1 Å². The predicted octanol–water partition coefficient (Wildman–Crippen LogP) is 1.51. The van der Waals surface area contributed by atoms with Gasteiger partial charge in [-0.15, -0.1) is 0 Å². The quantitative estimate of drug-likeness (QED) is 0.556. The van der Waals surface area contributed by atoms with E-state index >= 15 is 0 Å². The van der Waals surface area contributed by atoms with Crippen molar-refractivity contribution in [3.63, 3.8) is 0 Å². The van der Waals surface area contributed by atoms with Gasteiger partial charge in [-0.25, -0.2) is 15.0 Å². The molecule has 0 atom stereocenters. The SMILES string of the molecule is c1cnc2[nH]c3cncnc3c2c1. The molecule has 0 saturated heterocycles. The lowest BCUT2D eigenvalue weighted by molar-refractivity contribution is 1.22. The van der Waals surface area contributed by atoms with Gasteiger partial charge in [0.25, 0.3) is 0 Å². The maximum Gasteiger partial charge on any atom is 0.139 e. The van der Waals surface area contributed by atoms with Crippen molar-refractivity contribution < 1.29 is 0 Å². The lowest BCUT2D eigenvalue weighted by Gasteiger charge is -1.85. The summed E-state index contributed by atoms with van der Waals surface area (Å²) in [5.41, 5.74) is 2.72. The topological polar surface area (TPSA) is 54.5 Å². The fourth-order valence-corrected chi connectivity index (χ4v) is 1.46. The second-order valence-corrected chi connectivity index (χ2v) is 2.81. The maximum absolute atomic E-state index is 4.20. The molecular weight excluding hydrogens is 164 g/mol. The number of nitrogens with zero attached hydrogens (tertiary/aromatic N) is 3. The Hall–Kier alpha value is -1.97. The molecule has 4 nitrogen and oxygen atoms in total. The average Bonchev–Trinajstić information content (AvgIpc) is 2.56. The van der Waals surface area contributed by atoms with Crippen LogP contribution in [0.15, 0.2) is 30.9 Å². The Balaban J connectivity index is 2.64. The number of rotatable bonds is 0. The van der Waals surface area contributed by atoms with Crippen LogP contribution < -0.4 is 0 Å². The van der Waals surface area contributed by atoms with Crippen LogP contribution in [0.3, 0.4) is 0 Å². The van der Waals surface area contributed by atoms with Crippen LogP contribution in [0, 0.1) is 0 Å². The molecule has 0 fully saturated rings. The molecule has 0 bridgehead atoms. The van der Waals surface area contributed by atoms with Gasteiger partial charge in [0.2, 0.25) is 0 Å². The first kappa shape index (κ1) is 6.54. The summed E-state index contributed by atoms with van der Waals surface area (Å²) in [7, 11) is 0. The third-order valence-corrected chi connectivity index (χ3v) is 2.03. The Morgan fingerprint density at radius 3 is 3.23 bits per heavy atom. The van der Waals surface area contributed by atoms with Gasteiger partial charge in [0.05, 0.1) is 11.7 Å². The lowest BCUT2D eigenvalue weighted by Crippen LogP contribution is -1.75. The summed E-state index contributed by atoms with van der Waals surface area (Å²) in [5.74, 6) is 0. The normalized spacial score (nSPS) is 11.1. The van der Waals surface area contributed by atoms with E-state index in [4.69, 9.17) is 0 Å². The van der Waals surface area contributed by atoms with Gasteiger partial charge in [-0.3, -0.25) is 0 Å². The summed E-state index contributed by atoms with van der Waals surface area (Å²) >= 11 is 0. The number of H-pyrrole nitrogens is 1. The monoisotopic (exact) mass is 170 g/mol. The lowest BCUT2D eigenvalue weighted by atomic mass is 10.3. The Morgan fingerprint density at radius 1 is 1.23 bits per heavy atom. The molecular formula is C9H6N4. The minimum atomic E-state index is 0.859. The van der Waals surface area contributed by atoms with E-state index in [9.17, 15) is 0 Å². The largest absolute Gasteiger partial charge is 0.337 e. The zero-order chi connectivity index (χ0) is 8.67. The molecule has 0 saturated carbocycles. The molecule has 13 heavy (non-hydrogen) atoms. The summed E-state index contributed by atoms with van der Waals surface area (Å²) in [4.78, 5) is 15.5. The van der Waals surface area contributed by atoms with E-state index in [1.165, 1.54) is 0 Å². The highest BCUT2D eigenvalue weighted by Gasteiger charge is 2.03. The van der Waals surface area contributed by atoms with Crippen molar-refractivity contribution in [1.82, 2.24) is 19.9 Å². The van der Waals surface area contributed by atoms with Crippen LogP contribution in [0.1, 0.15) is 0 Å². The fourth-order valence-electron chi connectivity index (χ4n) is 1.46. The molecule has 1 N–H and O–H groups in total. The highest BCUT2D eigenvalue weighted by atomic mass is 14.9. The van der Waals surface area contributed by atoms with Crippen molar-refractivity contribution in [3.05, 3.63) is 30.9 Å².